The highest BCUT2D eigenvalue weighted by Crippen LogP contribution is 2.29. The molecule has 4 nitrogen and oxygen atoms in total. The van der Waals surface area contributed by atoms with E-state index in [-0.39, 0.29) is 6.04 Å². The monoisotopic (exact) mass is 347 g/mol. The van der Waals surface area contributed by atoms with Crippen LogP contribution in [0.2, 0.25) is 4.34 Å². The van der Waals surface area contributed by atoms with Crippen LogP contribution in [0.4, 0.5) is 5.95 Å². The van der Waals surface area contributed by atoms with Gasteiger partial charge in [0.05, 0.1) is 28.2 Å². The Balaban J connectivity index is 2.14. The summed E-state index contributed by atoms with van der Waals surface area (Å²) in [5.74, 6) is 1.02. The fourth-order valence-corrected chi connectivity index (χ4v) is 2.81. The summed E-state index contributed by atoms with van der Waals surface area (Å²) < 4.78 is 6.62. The molecule has 1 unspecified atom stereocenters. The molecule has 96 valence electrons. The third kappa shape index (κ3) is 3.13. The Bertz CT molecular complexity index is 549. The van der Waals surface area contributed by atoms with Gasteiger partial charge in [0.2, 0.25) is 11.8 Å². The number of nitrogens with one attached hydrogen (secondary N) is 1. The van der Waals surface area contributed by atoms with Gasteiger partial charge in [0.25, 0.3) is 0 Å². The fourth-order valence-electron chi connectivity index (χ4n) is 1.39. The molecule has 18 heavy (non-hydrogen) atoms. The van der Waals surface area contributed by atoms with Gasteiger partial charge in [-0.25, -0.2) is 4.98 Å². The number of thiophene rings is 1. The van der Waals surface area contributed by atoms with Crippen LogP contribution in [0.5, 0.6) is 5.88 Å². The molecule has 0 saturated heterocycles. The van der Waals surface area contributed by atoms with Gasteiger partial charge in [-0.15, -0.1) is 11.3 Å². The van der Waals surface area contributed by atoms with Crippen molar-refractivity contribution in [2.24, 2.45) is 0 Å². The van der Waals surface area contributed by atoms with Crippen molar-refractivity contribution in [1.82, 2.24) is 9.97 Å². The predicted octanol–water partition coefficient (Wildman–Crippen LogP) is 4.14. The van der Waals surface area contributed by atoms with Gasteiger partial charge >= 0.3 is 0 Å². The van der Waals surface area contributed by atoms with Gasteiger partial charge in [-0.05, 0) is 35.0 Å². The third-order valence-electron chi connectivity index (χ3n) is 2.27. The lowest BCUT2D eigenvalue weighted by Gasteiger charge is -2.12. The number of hydrogen-bond acceptors (Lipinski definition) is 5. The number of aromatic nitrogens is 2. The number of rotatable bonds is 4. The summed E-state index contributed by atoms with van der Waals surface area (Å²) in [4.78, 5) is 9.56. The lowest BCUT2D eigenvalue weighted by Crippen LogP contribution is -2.08. The number of nitrogens with zero attached hydrogens (tertiary/aromatic N) is 2. The first-order valence-electron chi connectivity index (χ1n) is 5.18. The van der Waals surface area contributed by atoms with Gasteiger partial charge in [0.1, 0.15) is 0 Å². The Morgan fingerprint density at radius 1 is 1.50 bits per heavy atom. The maximum Gasteiger partial charge on any atom is 0.232 e. The van der Waals surface area contributed by atoms with Crippen molar-refractivity contribution in [3.63, 3.8) is 0 Å². The van der Waals surface area contributed by atoms with E-state index in [4.69, 9.17) is 16.3 Å². The fraction of sp³-hybridized carbons (Fsp3) is 0.273. The van der Waals surface area contributed by atoms with E-state index in [2.05, 4.69) is 31.2 Å². The van der Waals surface area contributed by atoms with Crippen LogP contribution in [0.1, 0.15) is 17.8 Å². The summed E-state index contributed by atoms with van der Waals surface area (Å²) in [6.07, 6.45) is 1.66. The van der Waals surface area contributed by atoms with Crippen LogP contribution in [0, 0.1) is 0 Å². The van der Waals surface area contributed by atoms with Crippen molar-refractivity contribution >= 4 is 44.8 Å². The normalized spacial score (nSPS) is 12.2. The average molecular weight is 349 g/mol. The molecule has 0 bridgehead atoms. The van der Waals surface area contributed by atoms with Crippen LogP contribution in [-0.4, -0.2) is 17.1 Å². The molecule has 2 aromatic rings. The molecule has 0 fully saturated rings. The largest absolute Gasteiger partial charge is 0.480 e. The van der Waals surface area contributed by atoms with E-state index in [9.17, 15) is 0 Å². The van der Waals surface area contributed by atoms with E-state index in [0.717, 1.165) is 13.7 Å². The predicted molar refractivity (Wildman–Crippen MR) is 77.7 cm³/mol. The van der Waals surface area contributed by atoms with Crippen molar-refractivity contribution in [3.05, 3.63) is 32.0 Å². The highest BCUT2D eigenvalue weighted by molar-refractivity contribution is 9.10. The minimum Gasteiger partial charge on any atom is -0.480 e. The molecule has 2 rings (SSSR count). The number of halogens is 2. The zero-order chi connectivity index (χ0) is 13.1. The van der Waals surface area contributed by atoms with Crippen molar-refractivity contribution in [1.29, 1.82) is 0 Å². The second-order valence-electron chi connectivity index (χ2n) is 3.56. The summed E-state index contributed by atoms with van der Waals surface area (Å²) in [5.41, 5.74) is 0. The second-order valence-corrected chi connectivity index (χ2v) is 6.16. The lowest BCUT2D eigenvalue weighted by atomic mass is 10.3. The molecular formula is C11H11BrClN3OS. The van der Waals surface area contributed by atoms with Gasteiger partial charge in [-0.1, -0.05) is 11.6 Å². The van der Waals surface area contributed by atoms with E-state index >= 15 is 0 Å². The Kier molecular flexibility index (Phi) is 4.42. The highest BCUT2D eigenvalue weighted by atomic mass is 79.9. The SMILES string of the molecule is COc1nc(NC(C)c2ccc(Cl)s2)ncc1Br. The zero-order valence-electron chi connectivity index (χ0n) is 9.78. The van der Waals surface area contributed by atoms with E-state index in [1.165, 1.54) is 11.3 Å². The van der Waals surface area contributed by atoms with E-state index in [1.807, 2.05) is 19.1 Å². The lowest BCUT2D eigenvalue weighted by molar-refractivity contribution is 0.394. The topological polar surface area (TPSA) is 47.0 Å². The van der Waals surface area contributed by atoms with E-state index in [0.29, 0.717) is 11.8 Å². The van der Waals surface area contributed by atoms with Crippen molar-refractivity contribution in [2.75, 3.05) is 12.4 Å². The van der Waals surface area contributed by atoms with Crippen molar-refractivity contribution in [3.8, 4) is 5.88 Å². The standard InChI is InChI=1S/C11H11BrClN3OS/c1-6(8-3-4-9(13)18-8)15-11-14-5-7(12)10(16-11)17-2/h3-6H,1-2H3,(H,14,15,16). The van der Waals surface area contributed by atoms with Crippen LogP contribution in [-0.2, 0) is 0 Å². The molecule has 2 heterocycles. The maximum absolute atomic E-state index is 5.91. The molecule has 0 amide bonds. The summed E-state index contributed by atoms with van der Waals surface area (Å²) in [6, 6.07) is 3.96. The molecule has 0 aromatic carbocycles. The van der Waals surface area contributed by atoms with Crippen molar-refractivity contribution in [2.45, 2.75) is 13.0 Å². The van der Waals surface area contributed by atoms with Crippen LogP contribution in [0.15, 0.2) is 22.8 Å². The molecule has 1 atom stereocenters. The van der Waals surface area contributed by atoms with Gasteiger partial charge < -0.3 is 10.1 Å². The van der Waals surface area contributed by atoms with E-state index < -0.39 is 0 Å². The van der Waals surface area contributed by atoms with Gasteiger partial charge in [0.15, 0.2) is 0 Å². The first-order chi connectivity index (χ1) is 8.60. The minimum atomic E-state index is 0.0911. The molecule has 0 aliphatic carbocycles. The first-order valence-corrected chi connectivity index (χ1v) is 7.17. The maximum atomic E-state index is 5.91. The van der Waals surface area contributed by atoms with Crippen LogP contribution in [0.3, 0.4) is 0 Å². The second kappa shape index (κ2) is 5.86. The third-order valence-corrected chi connectivity index (χ3v) is 4.23. The average Bonchev–Trinajstić information content (AvgIpc) is 2.78. The molecule has 2 aromatic heterocycles. The number of anilines is 1. The molecule has 7 heteroatoms. The molecule has 0 aliphatic rings. The summed E-state index contributed by atoms with van der Waals surface area (Å²) >= 11 is 10.8. The van der Waals surface area contributed by atoms with Crippen LogP contribution >= 0.6 is 38.9 Å². The number of hydrogen-bond donors (Lipinski definition) is 1. The summed E-state index contributed by atoms with van der Waals surface area (Å²) in [7, 11) is 1.57. The van der Waals surface area contributed by atoms with Crippen molar-refractivity contribution < 1.29 is 4.74 Å². The van der Waals surface area contributed by atoms with Gasteiger partial charge in [-0.2, -0.15) is 4.98 Å². The first kappa shape index (κ1) is 13.6. The molecular weight excluding hydrogens is 338 g/mol. The van der Waals surface area contributed by atoms with Gasteiger partial charge in [-0.3, -0.25) is 0 Å². The smallest absolute Gasteiger partial charge is 0.232 e. The van der Waals surface area contributed by atoms with Crippen LogP contribution < -0.4 is 10.1 Å². The Morgan fingerprint density at radius 2 is 2.28 bits per heavy atom. The van der Waals surface area contributed by atoms with Gasteiger partial charge in [0, 0.05) is 4.88 Å². The number of ether oxygens (including phenoxy) is 1. The summed E-state index contributed by atoms with van der Waals surface area (Å²) in [5, 5.41) is 3.20. The molecule has 0 radical (unpaired) electrons. The zero-order valence-corrected chi connectivity index (χ0v) is 12.9. The van der Waals surface area contributed by atoms with Crippen LogP contribution in [0.25, 0.3) is 0 Å². The Morgan fingerprint density at radius 3 is 2.89 bits per heavy atom. The Labute approximate surface area is 122 Å². The molecule has 1 N–H and O–H groups in total. The van der Waals surface area contributed by atoms with E-state index in [1.54, 1.807) is 13.3 Å². The molecule has 0 aliphatic heterocycles. The quantitative estimate of drug-likeness (QED) is 0.902. The molecule has 0 saturated carbocycles. The summed E-state index contributed by atoms with van der Waals surface area (Å²) in [6.45, 7) is 2.03. The highest BCUT2D eigenvalue weighted by Gasteiger charge is 2.11. The number of methoxy groups -OCH3 is 1. The molecule has 0 spiro atoms. The minimum absolute atomic E-state index is 0.0911. The Hall–Kier alpha value is -0.850.